The van der Waals surface area contributed by atoms with Crippen molar-refractivity contribution < 1.29 is 4.39 Å². The maximum Gasteiger partial charge on any atom is 0.123 e. The lowest BCUT2D eigenvalue weighted by atomic mass is 9.95. The second kappa shape index (κ2) is 6.31. The van der Waals surface area contributed by atoms with Crippen LogP contribution >= 0.6 is 15.9 Å². The van der Waals surface area contributed by atoms with E-state index in [-0.39, 0.29) is 11.9 Å². The molecule has 1 nitrogen and oxygen atoms in total. The van der Waals surface area contributed by atoms with Crippen molar-refractivity contribution in [1.82, 2.24) is 5.32 Å². The van der Waals surface area contributed by atoms with Gasteiger partial charge in [-0.2, -0.15) is 0 Å². The summed E-state index contributed by atoms with van der Waals surface area (Å²) in [6, 6.07) is 13.1. The molecular formula is C16H17BrFN. The molecule has 0 aliphatic heterocycles. The molecule has 1 unspecified atom stereocenters. The minimum atomic E-state index is -0.206. The van der Waals surface area contributed by atoms with Crippen molar-refractivity contribution in [2.75, 3.05) is 6.54 Å². The quantitative estimate of drug-likeness (QED) is 0.842. The number of rotatable bonds is 4. The van der Waals surface area contributed by atoms with Crippen molar-refractivity contribution in [1.29, 1.82) is 0 Å². The molecular weight excluding hydrogens is 305 g/mol. The summed E-state index contributed by atoms with van der Waals surface area (Å²) in [5.41, 5.74) is 3.07. The average molecular weight is 322 g/mol. The first-order valence-electron chi connectivity index (χ1n) is 6.40. The second-order valence-corrected chi connectivity index (χ2v) is 5.44. The second-order valence-electron chi connectivity index (χ2n) is 4.52. The highest BCUT2D eigenvalue weighted by Gasteiger charge is 2.12. The highest BCUT2D eigenvalue weighted by Crippen LogP contribution is 2.30. The molecule has 0 aromatic heterocycles. The normalized spacial score (nSPS) is 12.4. The highest BCUT2D eigenvalue weighted by molar-refractivity contribution is 9.10. The van der Waals surface area contributed by atoms with Gasteiger partial charge in [0, 0.05) is 10.5 Å². The van der Waals surface area contributed by atoms with Crippen molar-refractivity contribution in [3.05, 3.63) is 58.3 Å². The molecule has 0 fully saturated rings. The van der Waals surface area contributed by atoms with Gasteiger partial charge >= 0.3 is 0 Å². The Labute approximate surface area is 122 Å². The third-order valence-electron chi connectivity index (χ3n) is 3.13. The molecule has 1 atom stereocenters. The zero-order valence-electron chi connectivity index (χ0n) is 11.1. The molecule has 2 rings (SSSR count). The van der Waals surface area contributed by atoms with E-state index in [1.54, 1.807) is 6.07 Å². The van der Waals surface area contributed by atoms with E-state index in [9.17, 15) is 4.39 Å². The highest BCUT2D eigenvalue weighted by atomic mass is 79.9. The minimum absolute atomic E-state index is 0.194. The van der Waals surface area contributed by atoms with Crippen molar-refractivity contribution >= 4 is 15.9 Å². The summed E-state index contributed by atoms with van der Waals surface area (Å²) in [5, 5.41) is 3.37. The van der Waals surface area contributed by atoms with Crippen LogP contribution in [-0.4, -0.2) is 6.54 Å². The van der Waals surface area contributed by atoms with Crippen LogP contribution in [0.3, 0.4) is 0 Å². The van der Waals surface area contributed by atoms with Gasteiger partial charge in [0.15, 0.2) is 0 Å². The summed E-state index contributed by atoms with van der Waals surface area (Å²) in [6.45, 7) is 5.05. The van der Waals surface area contributed by atoms with E-state index in [2.05, 4.69) is 35.1 Å². The molecule has 0 saturated carbocycles. The predicted octanol–water partition coefficient (Wildman–Crippen LogP) is 4.93. The van der Waals surface area contributed by atoms with E-state index in [0.717, 1.165) is 27.7 Å². The first kappa shape index (κ1) is 14.2. The summed E-state index contributed by atoms with van der Waals surface area (Å²) in [4.78, 5) is 0. The van der Waals surface area contributed by atoms with E-state index in [1.165, 1.54) is 6.07 Å². The van der Waals surface area contributed by atoms with Gasteiger partial charge in [0.25, 0.3) is 0 Å². The lowest BCUT2D eigenvalue weighted by Gasteiger charge is -2.17. The molecule has 19 heavy (non-hydrogen) atoms. The fourth-order valence-corrected chi connectivity index (χ4v) is 2.63. The molecule has 0 radical (unpaired) electrons. The van der Waals surface area contributed by atoms with Crippen LogP contribution in [0.1, 0.15) is 25.5 Å². The zero-order valence-corrected chi connectivity index (χ0v) is 12.7. The molecule has 100 valence electrons. The van der Waals surface area contributed by atoms with Crippen LogP contribution in [0.2, 0.25) is 0 Å². The molecule has 1 N–H and O–H groups in total. The molecule has 0 aliphatic rings. The van der Waals surface area contributed by atoms with Gasteiger partial charge < -0.3 is 5.32 Å². The molecule has 0 saturated heterocycles. The van der Waals surface area contributed by atoms with Crippen molar-refractivity contribution in [2.24, 2.45) is 0 Å². The Balaban J connectivity index is 2.51. The lowest BCUT2D eigenvalue weighted by molar-refractivity contribution is 0.593. The first-order valence-corrected chi connectivity index (χ1v) is 7.20. The SMILES string of the molecule is CCNC(C)c1ccc(F)cc1-c1cccc(Br)c1. The Bertz CT molecular complexity index is 568. The van der Waals surface area contributed by atoms with E-state index in [0.29, 0.717) is 0 Å². The molecule has 3 heteroatoms. The number of halogens is 2. The average Bonchev–Trinajstić information content (AvgIpc) is 2.39. The summed E-state index contributed by atoms with van der Waals surface area (Å²) >= 11 is 3.46. The van der Waals surface area contributed by atoms with Crippen LogP contribution in [-0.2, 0) is 0 Å². The van der Waals surface area contributed by atoms with Crippen LogP contribution in [0.15, 0.2) is 46.9 Å². The van der Waals surface area contributed by atoms with Gasteiger partial charge in [-0.15, -0.1) is 0 Å². The van der Waals surface area contributed by atoms with Gasteiger partial charge in [0.2, 0.25) is 0 Å². The van der Waals surface area contributed by atoms with Crippen molar-refractivity contribution in [3.63, 3.8) is 0 Å². The van der Waals surface area contributed by atoms with Crippen LogP contribution in [0.25, 0.3) is 11.1 Å². The summed E-state index contributed by atoms with van der Waals surface area (Å²) in [5.74, 6) is -0.206. The fourth-order valence-electron chi connectivity index (χ4n) is 2.23. The number of benzene rings is 2. The van der Waals surface area contributed by atoms with E-state index in [1.807, 2.05) is 30.3 Å². The monoisotopic (exact) mass is 321 g/mol. The van der Waals surface area contributed by atoms with E-state index < -0.39 is 0 Å². The van der Waals surface area contributed by atoms with E-state index >= 15 is 0 Å². The number of hydrogen-bond donors (Lipinski definition) is 1. The van der Waals surface area contributed by atoms with E-state index in [4.69, 9.17) is 0 Å². The third kappa shape index (κ3) is 3.43. The number of hydrogen-bond acceptors (Lipinski definition) is 1. The molecule has 0 amide bonds. The maximum absolute atomic E-state index is 13.6. The Morgan fingerprint density at radius 1 is 1.21 bits per heavy atom. The lowest BCUT2D eigenvalue weighted by Crippen LogP contribution is -2.18. The van der Waals surface area contributed by atoms with Crippen LogP contribution < -0.4 is 5.32 Å². The van der Waals surface area contributed by atoms with Crippen LogP contribution in [0.4, 0.5) is 4.39 Å². The molecule has 2 aromatic rings. The topological polar surface area (TPSA) is 12.0 Å². The Kier molecular flexibility index (Phi) is 4.72. The fraction of sp³-hybridized carbons (Fsp3) is 0.250. The van der Waals surface area contributed by atoms with Gasteiger partial charge in [-0.3, -0.25) is 0 Å². The van der Waals surface area contributed by atoms with Gasteiger partial charge in [-0.05, 0) is 54.4 Å². The van der Waals surface area contributed by atoms with Crippen LogP contribution in [0.5, 0.6) is 0 Å². The zero-order chi connectivity index (χ0) is 13.8. The van der Waals surface area contributed by atoms with Crippen molar-refractivity contribution in [2.45, 2.75) is 19.9 Å². The third-order valence-corrected chi connectivity index (χ3v) is 3.62. The summed E-state index contributed by atoms with van der Waals surface area (Å²) in [7, 11) is 0. The molecule has 2 aromatic carbocycles. The predicted molar refractivity (Wildman–Crippen MR) is 81.6 cm³/mol. The van der Waals surface area contributed by atoms with Gasteiger partial charge in [-0.1, -0.05) is 41.1 Å². The van der Waals surface area contributed by atoms with Crippen molar-refractivity contribution in [3.8, 4) is 11.1 Å². The summed E-state index contributed by atoms with van der Waals surface area (Å²) in [6.07, 6.45) is 0. The van der Waals surface area contributed by atoms with Crippen LogP contribution in [0, 0.1) is 5.82 Å². The first-order chi connectivity index (χ1) is 9.11. The molecule has 0 bridgehead atoms. The molecule has 0 heterocycles. The molecule has 0 spiro atoms. The van der Waals surface area contributed by atoms with Gasteiger partial charge in [0.05, 0.1) is 0 Å². The Hall–Kier alpha value is -1.19. The smallest absolute Gasteiger partial charge is 0.123 e. The standard InChI is InChI=1S/C16H17BrFN/c1-3-19-11(2)15-8-7-14(18)10-16(15)12-5-4-6-13(17)9-12/h4-11,19H,3H2,1-2H3. The minimum Gasteiger partial charge on any atom is -0.310 e. The Morgan fingerprint density at radius 2 is 2.00 bits per heavy atom. The summed E-state index contributed by atoms with van der Waals surface area (Å²) < 4.78 is 14.5. The molecule has 0 aliphatic carbocycles. The largest absolute Gasteiger partial charge is 0.310 e. The Morgan fingerprint density at radius 3 is 2.68 bits per heavy atom. The van der Waals surface area contributed by atoms with Gasteiger partial charge in [-0.25, -0.2) is 4.39 Å². The maximum atomic E-state index is 13.6. The number of nitrogens with one attached hydrogen (secondary N) is 1. The van der Waals surface area contributed by atoms with Gasteiger partial charge in [0.1, 0.15) is 5.82 Å².